The van der Waals surface area contributed by atoms with Crippen molar-refractivity contribution < 1.29 is 21.0 Å². The number of fused-ring (bicyclic) bond motifs is 1. The van der Waals surface area contributed by atoms with Gasteiger partial charge in [0.05, 0.1) is 21.3 Å². The number of aromatic nitrogens is 1. The molecule has 0 bridgehead atoms. The Balaban J connectivity index is 1.53. The summed E-state index contributed by atoms with van der Waals surface area (Å²) in [5, 5.41) is 0.623. The molecule has 1 N–H and O–H groups in total. The summed E-state index contributed by atoms with van der Waals surface area (Å²) in [5.41, 5.74) is 2.49. The van der Waals surface area contributed by atoms with Gasteiger partial charge in [-0.25, -0.2) is 8.42 Å². The van der Waals surface area contributed by atoms with Crippen molar-refractivity contribution in [1.29, 1.82) is 0 Å². The average molecular weight is 470 g/mol. The fraction of sp³-hybridized carbons (Fsp3) is 0.167. The van der Waals surface area contributed by atoms with Gasteiger partial charge in [-0.3, -0.25) is 4.18 Å². The molecular formula is C24H23NO5S2. The minimum absolute atomic E-state index is 0.00219. The van der Waals surface area contributed by atoms with E-state index in [-0.39, 0.29) is 21.3 Å². The fourth-order valence-corrected chi connectivity index (χ4v) is 6.01. The number of aromatic amines is 1. The molecule has 0 radical (unpaired) electrons. The number of H-pyrrole nitrogens is 1. The Morgan fingerprint density at radius 2 is 1.53 bits per heavy atom. The number of sulfone groups is 1. The first-order valence-electron chi connectivity index (χ1n) is 10.1. The molecule has 4 rings (SSSR count). The van der Waals surface area contributed by atoms with E-state index in [2.05, 4.69) is 4.98 Å². The third-order valence-corrected chi connectivity index (χ3v) is 8.36. The molecule has 4 aromatic rings. The van der Waals surface area contributed by atoms with Gasteiger partial charge in [-0.15, -0.1) is 0 Å². The maximum Gasteiger partial charge on any atom is 0.296 e. The molecule has 1 heterocycles. The second kappa shape index (κ2) is 8.90. The Bertz CT molecular complexity index is 1440. The van der Waals surface area contributed by atoms with Crippen LogP contribution in [0, 0.1) is 6.92 Å². The monoisotopic (exact) mass is 469 g/mol. The molecule has 166 valence electrons. The van der Waals surface area contributed by atoms with Crippen LogP contribution in [0.3, 0.4) is 0 Å². The molecule has 0 spiro atoms. The summed E-state index contributed by atoms with van der Waals surface area (Å²) in [6.45, 7) is 1.88. The van der Waals surface area contributed by atoms with E-state index < -0.39 is 20.0 Å². The van der Waals surface area contributed by atoms with Crippen LogP contribution in [0.4, 0.5) is 0 Å². The van der Waals surface area contributed by atoms with Gasteiger partial charge >= 0.3 is 0 Å². The van der Waals surface area contributed by atoms with Crippen molar-refractivity contribution in [1.82, 2.24) is 4.98 Å². The highest BCUT2D eigenvalue weighted by Crippen LogP contribution is 2.31. The van der Waals surface area contributed by atoms with E-state index in [0.717, 1.165) is 11.1 Å². The van der Waals surface area contributed by atoms with Crippen LogP contribution in [0.5, 0.6) is 0 Å². The molecule has 32 heavy (non-hydrogen) atoms. The summed E-state index contributed by atoms with van der Waals surface area (Å²) in [4.78, 5) is 3.59. The van der Waals surface area contributed by atoms with Gasteiger partial charge in [0.1, 0.15) is 0 Å². The van der Waals surface area contributed by atoms with Crippen LogP contribution in [-0.2, 0) is 30.6 Å². The molecule has 8 heteroatoms. The second-order valence-electron chi connectivity index (χ2n) is 7.50. The standard InChI is InChI=1S/C24H23NO5S2/c1-18-12-14-21(15-13-18)32(28,29)30-16-6-8-19-7-5-11-22-24(19)23(17-25-22)31(26,27)20-9-3-2-4-10-20/h2-5,7,9-15,17,25H,6,8,16H2,1H3. The van der Waals surface area contributed by atoms with Crippen molar-refractivity contribution in [2.75, 3.05) is 6.61 Å². The number of hydrogen-bond donors (Lipinski definition) is 1. The third-order valence-electron chi connectivity index (χ3n) is 5.24. The van der Waals surface area contributed by atoms with Gasteiger partial charge in [-0.05, 0) is 55.7 Å². The molecule has 6 nitrogen and oxygen atoms in total. The maximum atomic E-state index is 13.2. The average Bonchev–Trinajstić information content (AvgIpc) is 3.23. The molecule has 0 fully saturated rings. The molecule has 1 aromatic heterocycles. The minimum atomic E-state index is -3.83. The van der Waals surface area contributed by atoms with Gasteiger partial charge in [0.2, 0.25) is 9.84 Å². The number of nitrogens with one attached hydrogen (secondary N) is 1. The van der Waals surface area contributed by atoms with Gasteiger partial charge in [-0.2, -0.15) is 8.42 Å². The Hall–Kier alpha value is -2.94. The van der Waals surface area contributed by atoms with Crippen molar-refractivity contribution in [3.63, 3.8) is 0 Å². The lowest BCUT2D eigenvalue weighted by Gasteiger charge is -2.09. The van der Waals surface area contributed by atoms with Crippen molar-refractivity contribution in [3.05, 3.63) is 90.1 Å². The molecule has 0 unspecified atom stereocenters. The SMILES string of the molecule is Cc1ccc(S(=O)(=O)OCCCc2cccc3[nH]cc(S(=O)(=O)c4ccccc4)c23)cc1. The van der Waals surface area contributed by atoms with Crippen LogP contribution in [0.2, 0.25) is 0 Å². The number of benzene rings is 3. The molecule has 0 atom stereocenters. The molecule has 0 aliphatic rings. The van der Waals surface area contributed by atoms with Gasteiger partial charge in [0.25, 0.3) is 10.1 Å². The van der Waals surface area contributed by atoms with Crippen LogP contribution in [0.15, 0.2) is 93.7 Å². The third kappa shape index (κ3) is 4.48. The maximum absolute atomic E-state index is 13.2. The highest BCUT2D eigenvalue weighted by Gasteiger charge is 2.23. The zero-order valence-electron chi connectivity index (χ0n) is 17.5. The van der Waals surface area contributed by atoms with E-state index in [1.54, 1.807) is 42.5 Å². The number of aryl methyl sites for hydroxylation is 2. The van der Waals surface area contributed by atoms with Gasteiger partial charge < -0.3 is 4.98 Å². The molecule has 0 amide bonds. The summed E-state index contributed by atoms with van der Waals surface area (Å²) in [7, 11) is -7.53. The first-order chi connectivity index (χ1) is 15.3. The topological polar surface area (TPSA) is 93.3 Å². The molecule has 0 aliphatic heterocycles. The van der Waals surface area contributed by atoms with E-state index in [9.17, 15) is 16.8 Å². The summed E-state index contributed by atoms with van der Waals surface area (Å²) < 4.78 is 56.3. The van der Waals surface area contributed by atoms with Crippen LogP contribution >= 0.6 is 0 Å². The van der Waals surface area contributed by atoms with E-state index in [4.69, 9.17) is 4.18 Å². The van der Waals surface area contributed by atoms with Crippen LogP contribution in [0.1, 0.15) is 17.5 Å². The van der Waals surface area contributed by atoms with Crippen molar-refractivity contribution in [2.45, 2.75) is 34.5 Å². The zero-order chi connectivity index (χ0) is 22.8. The number of hydrogen-bond acceptors (Lipinski definition) is 5. The highest BCUT2D eigenvalue weighted by molar-refractivity contribution is 7.91. The van der Waals surface area contributed by atoms with Gasteiger partial charge in [-0.1, -0.05) is 48.0 Å². The first kappa shape index (κ1) is 22.3. The lowest BCUT2D eigenvalue weighted by atomic mass is 10.1. The van der Waals surface area contributed by atoms with Gasteiger partial charge in [0.15, 0.2) is 0 Å². The predicted octanol–water partition coefficient (Wildman–Crippen LogP) is 4.65. The lowest BCUT2D eigenvalue weighted by molar-refractivity contribution is 0.312. The Labute approximate surface area is 187 Å². The fourth-order valence-electron chi connectivity index (χ4n) is 3.58. The Morgan fingerprint density at radius 3 is 2.25 bits per heavy atom. The van der Waals surface area contributed by atoms with Crippen molar-refractivity contribution in [2.24, 2.45) is 0 Å². The Kier molecular flexibility index (Phi) is 6.19. The smallest absolute Gasteiger partial charge is 0.296 e. The normalized spacial score (nSPS) is 12.3. The number of rotatable bonds is 8. The van der Waals surface area contributed by atoms with Crippen LogP contribution in [-0.4, -0.2) is 28.4 Å². The minimum Gasteiger partial charge on any atom is -0.360 e. The van der Waals surface area contributed by atoms with Crippen molar-refractivity contribution in [3.8, 4) is 0 Å². The molecule has 3 aromatic carbocycles. The van der Waals surface area contributed by atoms with Gasteiger partial charge in [0, 0.05) is 17.1 Å². The summed E-state index contributed by atoms with van der Waals surface area (Å²) in [6.07, 6.45) is 2.39. The first-order valence-corrected chi connectivity index (χ1v) is 13.0. The molecular weight excluding hydrogens is 446 g/mol. The zero-order valence-corrected chi connectivity index (χ0v) is 19.1. The summed E-state index contributed by atoms with van der Waals surface area (Å²) in [5.74, 6) is 0. The van der Waals surface area contributed by atoms with E-state index >= 15 is 0 Å². The highest BCUT2D eigenvalue weighted by atomic mass is 32.2. The molecule has 0 saturated heterocycles. The van der Waals surface area contributed by atoms with E-state index in [1.165, 1.54) is 18.3 Å². The second-order valence-corrected chi connectivity index (χ2v) is 11.0. The summed E-state index contributed by atoms with van der Waals surface area (Å²) >= 11 is 0. The van der Waals surface area contributed by atoms with Crippen molar-refractivity contribution >= 4 is 30.9 Å². The molecule has 0 saturated carbocycles. The summed E-state index contributed by atoms with van der Waals surface area (Å²) in [6, 6.07) is 20.3. The largest absolute Gasteiger partial charge is 0.360 e. The van der Waals surface area contributed by atoms with E-state index in [0.29, 0.717) is 23.7 Å². The Morgan fingerprint density at radius 1 is 0.812 bits per heavy atom. The van der Waals surface area contributed by atoms with E-state index in [1.807, 2.05) is 25.1 Å². The van der Waals surface area contributed by atoms with Crippen LogP contribution in [0.25, 0.3) is 10.9 Å². The predicted molar refractivity (Wildman–Crippen MR) is 123 cm³/mol. The van der Waals surface area contributed by atoms with Crippen LogP contribution < -0.4 is 0 Å². The quantitative estimate of drug-likeness (QED) is 0.300. The lowest BCUT2D eigenvalue weighted by Crippen LogP contribution is -2.08. The molecule has 0 aliphatic carbocycles.